The lowest BCUT2D eigenvalue weighted by Crippen LogP contribution is -2.38. The van der Waals surface area contributed by atoms with Gasteiger partial charge in [-0.1, -0.05) is 0 Å². The Morgan fingerprint density at radius 2 is 1.94 bits per heavy atom. The highest BCUT2D eigenvalue weighted by atomic mass is 32.2. The van der Waals surface area contributed by atoms with Crippen LogP contribution >= 0.6 is 0 Å². The fourth-order valence-corrected chi connectivity index (χ4v) is 5.53. The fourth-order valence-electron chi connectivity index (χ4n) is 2.29. The Kier molecular flexibility index (Phi) is 3.77. The van der Waals surface area contributed by atoms with Crippen LogP contribution in [0, 0.1) is 0 Å². The largest absolute Gasteiger partial charge is 0.312 e. The molecule has 0 amide bonds. The zero-order valence-electron chi connectivity index (χ0n) is 9.63. The molecule has 0 radical (unpaired) electrons. The van der Waals surface area contributed by atoms with Crippen molar-refractivity contribution < 1.29 is 16.8 Å². The summed E-state index contributed by atoms with van der Waals surface area (Å²) in [6.07, 6.45) is 1.33. The minimum atomic E-state index is -3.03. The molecule has 0 aromatic carbocycles. The molecule has 0 bridgehead atoms. The van der Waals surface area contributed by atoms with Gasteiger partial charge in [0.25, 0.3) is 0 Å². The van der Waals surface area contributed by atoms with Gasteiger partial charge in [-0.05, 0) is 12.8 Å². The third-order valence-corrected chi connectivity index (χ3v) is 6.95. The topological polar surface area (TPSA) is 83.6 Å². The Bertz CT molecular complexity index is 471. The van der Waals surface area contributed by atoms with Crippen LogP contribution < -0.4 is 5.32 Å². The van der Waals surface area contributed by atoms with Crippen LogP contribution in [-0.4, -0.2) is 64.1 Å². The maximum Gasteiger partial charge on any atom is 0.214 e. The highest BCUT2D eigenvalue weighted by molar-refractivity contribution is 7.91. The quantitative estimate of drug-likeness (QED) is 0.700. The second kappa shape index (κ2) is 4.83. The molecule has 6 nitrogen and oxygen atoms in total. The minimum absolute atomic E-state index is 0.00897. The second-order valence-corrected chi connectivity index (χ2v) is 8.94. The van der Waals surface area contributed by atoms with Gasteiger partial charge in [-0.15, -0.1) is 0 Å². The van der Waals surface area contributed by atoms with Crippen molar-refractivity contribution in [3.63, 3.8) is 0 Å². The van der Waals surface area contributed by atoms with E-state index in [9.17, 15) is 16.8 Å². The molecule has 8 heteroatoms. The van der Waals surface area contributed by atoms with Gasteiger partial charge >= 0.3 is 0 Å². The Morgan fingerprint density at radius 3 is 2.47 bits per heavy atom. The van der Waals surface area contributed by atoms with Gasteiger partial charge in [-0.3, -0.25) is 0 Å². The van der Waals surface area contributed by atoms with Gasteiger partial charge < -0.3 is 5.32 Å². The van der Waals surface area contributed by atoms with Crippen molar-refractivity contribution in [2.45, 2.75) is 18.9 Å². The smallest absolute Gasteiger partial charge is 0.214 e. The lowest BCUT2D eigenvalue weighted by Gasteiger charge is -2.16. The molecule has 2 rings (SSSR count). The van der Waals surface area contributed by atoms with E-state index >= 15 is 0 Å². The number of nitrogens with one attached hydrogen (secondary N) is 1. The maximum absolute atomic E-state index is 11.5. The fraction of sp³-hybridized carbons (Fsp3) is 1.00. The van der Waals surface area contributed by atoms with Gasteiger partial charge in [0.1, 0.15) is 0 Å². The first-order valence-electron chi connectivity index (χ1n) is 5.81. The first kappa shape index (κ1) is 13.3. The second-order valence-electron chi connectivity index (χ2n) is 4.62. The van der Waals surface area contributed by atoms with E-state index in [2.05, 4.69) is 5.32 Å². The van der Waals surface area contributed by atoms with Gasteiger partial charge in [-0.2, -0.15) is 0 Å². The molecule has 1 atom stereocenters. The third-order valence-electron chi connectivity index (χ3n) is 3.23. The molecule has 2 aliphatic heterocycles. The summed E-state index contributed by atoms with van der Waals surface area (Å²) in [6.45, 7) is 1.56. The van der Waals surface area contributed by atoms with Crippen molar-refractivity contribution >= 4 is 19.9 Å². The van der Waals surface area contributed by atoms with Crippen molar-refractivity contribution in [1.82, 2.24) is 9.62 Å². The number of sulfonamides is 1. The Labute approximate surface area is 102 Å². The molecular formula is C9H18N2O4S2. The lowest BCUT2D eigenvalue weighted by atomic mass is 10.2. The molecule has 2 heterocycles. The third kappa shape index (κ3) is 3.40. The van der Waals surface area contributed by atoms with Crippen molar-refractivity contribution in [1.29, 1.82) is 0 Å². The monoisotopic (exact) mass is 282 g/mol. The van der Waals surface area contributed by atoms with Crippen molar-refractivity contribution in [2.75, 3.05) is 36.9 Å². The summed E-state index contributed by atoms with van der Waals surface area (Å²) in [5.41, 5.74) is 0. The highest BCUT2D eigenvalue weighted by Crippen LogP contribution is 2.13. The van der Waals surface area contributed by atoms with E-state index in [4.69, 9.17) is 0 Å². The van der Waals surface area contributed by atoms with Gasteiger partial charge in [-0.25, -0.2) is 21.1 Å². The molecule has 17 heavy (non-hydrogen) atoms. The predicted octanol–water partition coefficient (Wildman–Crippen LogP) is -1.20. The molecule has 1 N–H and O–H groups in total. The summed E-state index contributed by atoms with van der Waals surface area (Å²) in [6, 6.07) is -0.00897. The van der Waals surface area contributed by atoms with Crippen LogP contribution in [0.2, 0.25) is 0 Å². The van der Waals surface area contributed by atoms with Gasteiger partial charge in [0.05, 0.1) is 17.3 Å². The van der Waals surface area contributed by atoms with E-state index < -0.39 is 19.9 Å². The van der Waals surface area contributed by atoms with E-state index in [1.165, 1.54) is 4.31 Å². The van der Waals surface area contributed by atoms with E-state index in [1.54, 1.807) is 0 Å². The first-order chi connectivity index (χ1) is 7.89. The Hall–Kier alpha value is -0.180. The lowest BCUT2D eigenvalue weighted by molar-refractivity contribution is 0.420. The molecule has 0 aromatic rings. The van der Waals surface area contributed by atoms with Crippen LogP contribution in [0.15, 0.2) is 0 Å². The Morgan fingerprint density at radius 1 is 1.18 bits per heavy atom. The van der Waals surface area contributed by atoms with Gasteiger partial charge in [0, 0.05) is 25.7 Å². The highest BCUT2D eigenvalue weighted by Gasteiger charge is 2.29. The van der Waals surface area contributed by atoms with Crippen molar-refractivity contribution in [3.8, 4) is 0 Å². The van der Waals surface area contributed by atoms with Crippen LogP contribution in [0.4, 0.5) is 0 Å². The maximum atomic E-state index is 11.5. The van der Waals surface area contributed by atoms with Crippen LogP contribution in [0.5, 0.6) is 0 Å². The molecular weight excluding hydrogens is 264 g/mol. The molecule has 0 saturated carbocycles. The van der Waals surface area contributed by atoms with E-state index in [1.807, 2.05) is 0 Å². The summed E-state index contributed by atoms with van der Waals surface area (Å²) >= 11 is 0. The first-order valence-corrected chi connectivity index (χ1v) is 9.24. The van der Waals surface area contributed by atoms with E-state index in [0.29, 0.717) is 32.5 Å². The molecule has 100 valence electrons. The van der Waals surface area contributed by atoms with Crippen LogP contribution in [-0.2, 0) is 19.9 Å². The molecule has 2 aliphatic rings. The van der Waals surface area contributed by atoms with Crippen molar-refractivity contribution in [2.24, 2.45) is 0 Å². The summed E-state index contributed by atoms with van der Waals surface area (Å²) in [7, 11) is -5.89. The zero-order chi connectivity index (χ0) is 12.5. The van der Waals surface area contributed by atoms with E-state index in [-0.39, 0.29) is 23.3 Å². The standard InChI is InChI=1S/C9H18N2O4S2/c12-16(13)7-2-9(8-16)10-3-5-11-4-1-6-17(11,14)15/h9-10H,1-8H2. The molecule has 1 unspecified atom stereocenters. The average molecular weight is 282 g/mol. The number of hydrogen-bond donors (Lipinski definition) is 1. The predicted molar refractivity (Wildman–Crippen MR) is 65.0 cm³/mol. The van der Waals surface area contributed by atoms with E-state index in [0.717, 1.165) is 0 Å². The summed E-state index contributed by atoms with van der Waals surface area (Å²) < 4.78 is 46.9. The van der Waals surface area contributed by atoms with Gasteiger partial charge in [0.15, 0.2) is 9.84 Å². The van der Waals surface area contributed by atoms with Crippen LogP contribution in [0.3, 0.4) is 0 Å². The minimum Gasteiger partial charge on any atom is -0.312 e. The molecule has 0 spiro atoms. The van der Waals surface area contributed by atoms with Crippen LogP contribution in [0.25, 0.3) is 0 Å². The van der Waals surface area contributed by atoms with Gasteiger partial charge in [0.2, 0.25) is 10.0 Å². The SMILES string of the molecule is O=S1(=O)CCC(NCCN2CCCS2(=O)=O)C1. The number of nitrogens with zero attached hydrogens (tertiary/aromatic N) is 1. The van der Waals surface area contributed by atoms with Crippen molar-refractivity contribution in [3.05, 3.63) is 0 Å². The molecule has 0 aliphatic carbocycles. The summed E-state index contributed by atoms with van der Waals surface area (Å²) in [4.78, 5) is 0. The number of rotatable bonds is 4. The normalized spacial score (nSPS) is 31.9. The average Bonchev–Trinajstić information content (AvgIpc) is 2.71. The summed E-state index contributed by atoms with van der Waals surface area (Å²) in [5.74, 6) is 0.664. The Balaban J connectivity index is 1.74. The summed E-state index contributed by atoms with van der Waals surface area (Å²) in [5, 5.41) is 3.12. The molecule has 2 fully saturated rings. The molecule has 0 aromatic heterocycles. The number of sulfone groups is 1. The zero-order valence-corrected chi connectivity index (χ0v) is 11.3. The number of hydrogen-bond acceptors (Lipinski definition) is 5. The molecule has 2 saturated heterocycles. The van der Waals surface area contributed by atoms with Crippen LogP contribution in [0.1, 0.15) is 12.8 Å².